The number of unbranched alkanes of at least 4 members (excludes halogenated alkanes) is 10. The Kier molecular flexibility index (Phi) is 12.7. The Morgan fingerprint density at radius 3 is 1.19 bits per heavy atom. The average Bonchev–Trinajstić information content (AvgIpc) is 2.93. The molecule has 194 valence electrons. The predicted octanol–water partition coefficient (Wildman–Crippen LogP) is 8.08. The summed E-state index contributed by atoms with van der Waals surface area (Å²) in [5, 5.41) is 0. The Balaban J connectivity index is 1.41. The van der Waals surface area contributed by atoms with E-state index in [0.29, 0.717) is 0 Å². The highest BCUT2D eigenvalue weighted by atomic mass is 16.5. The van der Waals surface area contributed by atoms with Crippen LogP contribution in [0.15, 0.2) is 49.1 Å². The van der Waals surface area contributed by atoms with Crippen LogP contribution in [0.3, 0.4) is 0 Å². The van der Waals surface area contributed by atoms with Gasteiger partial charge in [0, 0.05) is 0 Å². The molecule has 0 saturated carbocycles. The molecule has 0 aliphatic heterocycles. The number of aromatic nitrogens is 4. The first-order valence-corrected chi connectivity index (χ1v) is 13.8. The summed E-state index contributed by atoms with van der Waals surface area (Å²) < 4.78 is 11.6. The highest BCUT2D eigenvalue weighted by Gasteiger charge is 2.07. The number of hydrogen-bond acceptors (Lipinski definition) is 6. The van der Waals surface area contributed by atoms with E-state index in [-0.39, 0.29) is 0 Å². The topological polar surface area (TPSA) is 70.0 Å². The highest BCUT2D eigenvalue weighted by Crippen LogP contribution is 2.21. The molecule has 3 rings (SSSR count). The van der Waals surface area contributed by atoms with Crippen molar-refractivity contribution in [2.45, 2.75) is 90.9 Å². The first-order chi connectivity index (χ1) is 17.8. The van der Waals surface area contributed by atoms with Crippen LogP contribution in [0.4, 0.5) is 0 Å². The summed E-state index contributed by atoms with van der Waals surface area (Å²) in [6.07, 6.45) is 22.0. The highest BCUT2D eigenvalue weighted by molar-refractivity contribution is 5.58. The van der Waals surface area contributed by atoms with Crippen molar-refractivity contribution >= 4 is 0 Å². The zero-order valence-electron chi connectivity index (χ0n) is 22.1. The molecule has 0 aliphatic rings. The second-order valence-corrected chi connectivity index (χ2v) is 9.28. The van der Waals surface area contributed by atoms with Crippen molar-refractivity contribution in [1.29, 1.82) is 0 Å². The zero-order chi connectivity index (χ0) is 25.3. The molecule has 0 saturated heterocycles. The van der Waals surface area contributed by atoms with Crippen LogP contribution >= 0.6 is 0 Å². The molecule has 3 aromatic rings. The van der Waals surface area contributed by atoms with Crippen LogP contribution in [0.2, 0.25) is 0 Å². The van der Waals surface area contributed by atoms with Crippen molar-refractivity contribution in [3.63, 3.8) is 0 Å². The van der Waals surface area contributed by atoms with Crippen LogP contribution in [0.5, 0.6) is 11.5 Å². The quantitative estimate of drug-likeness (QED) is 0.168. The first-order valence-electron chi connectivity index (χ1n) is 13.8. The van der Waals surface area contributed by atoms with Crippen molar-refractivity contribution < 1.29 is 9.47 Å². The molecular weight excluding hydrogens is 448 g/mol. The summed E-state index contributed by atoms with van der Waals surface area (Å²) in [4.78, 5) is 18.1. The van der Waals surface area contributed by atoms with E-state index < -0.39 is 0 Å². The van der Waals surface area contributed by atoms with Crippen LogP contribution in [-0.2, 0) is 0 Å². The van der Waals surface area contributed by atoms with Crippen LogP contribution in [-0.4, -0.2) is 33.1 Å². The van der Waals surface area contributed by atoms with Crippen molar-refractivity contribution in [3.8, 4) is 34.3 Å². The van der Waals surface area contributed by atoms with Crippen LogP contribution < -0.4 is 9.47 Å². The second kappa shape index (κ2) is 16.6. The van der Waals surface area contributed by atoms with Crippen LogP contribution in [0.1, 0.15) is 90.9 Å². The fourth-order valence-corrected chi connectivity index (χ4v) is 3.97. The molecule has 0 aromatic carbocycles. The summed E-state index contributed by atoms with van der Waals surface area (Å²) in [6.45, 7) is 5.95. The first kappa shape index (κ1) is 27.6. The van der Waals surface area contributed by atoms with E-state index in [4.69, 9.17) is 9.47 Å². The van der Waals surface area contributed by atoms with E-state index in [1.807, 2.05) is 24.3 Å². The lowest BCUT2D eigenvalue weighted by Gasteiger charge is -2.08. The predicted molar refractivity (Wildman–Crippen MR) is 146 cm³/mol. The molecule has 0 fully saturated rings. The molecular formula is C30H42N4O2. The van der Waals surface area contributed by atoms with Gasteiger partial charge in [-0.3, -0.25) is 19.9 Å². The Labute approximate surface area is 216 Å². The van der Waals surface area contributed by atoms with Gasteiger partial charge >= 0.3 is 0 Å². The molecule has 3 heterocycles. The number of hydrogen-bond donors (Lipinski definition) is 0. The molecule has 0 atom stereocenters. The minimum atomic E-state index is 0.722. The maximum Gasteiger partial charge on any atom is 0.137 e. The van der Waals surface area contributed by atoms with Gasteiger partial charge in [0.1, 0.15) is 22.9 Å². The Hall–Kier alpha value is -3.02. The molecule has 6 nitrogen and oxygen atoms in total. The third kappa shape index (κ3) is 9.92. The van der Waals surface area contributed by atoms with Crippen LogP contribution in [0, 0.1) is 0 Å². The van der Waals surface area contributed by atoms with Gasteiger partial charge in [0.15, 0.2) is 0 Å². The van der Waals surface area contributed by atoms with Gasteiger partial charge in [-0.2, -0.15) is 0 Å². The Morgan fingerprint density at radius 1 is 0.444 bits per heavy atom. The van der Waals surface area contributed by atoms with Gasteiger partial charge in [0.2, 0.25) is 0 Å². The van der Waals surface area contributed by atoms with Gasteiger partial charge in [-0.25, -0.2) is 0 Å². The van der Waals surface area contributed by atoms with E-state index in [1.165, 1.54) is 64.2 Å². The normalized spacial score (nSPS) is 10.9. The van der Waals surface area contributed by atoms with Gasteiger partial charge in [0.25, 0.3) is 0 Å². The lowest BCUT2D eigenvalue weighted by molar-refractivity contribution is 0.303. The second-order valence-electron chi connectivity index (χ2n) is 9.28. The largest absolute Gasteiger partial charge is 0.492 e. The summed E-state index contributed by atoms with van der Waals surface area (Å²) in [6, 6.07) is 7.74. The van der Waals surface area contributed by atoms with Crippen LogP contribution in [0.25, 0.3) is 22.8 Å². The lowest BCUT2D eigenvalue weighted by Crippen LogP contribution is -1.99. The number of ether oxygens (including phenoxy) is 2. The molecule has 0 unspecified atom stereocenters. The molecule has 0 spiro atoms. The molecule has 0 aliphatic carbocycles. The van der Waals surface area contributed by atoms with E-state index in [2.05, 4.69) is 33.8 Å². The fraction of sp³-hybridized carbons (Fsp3) is 0.533. The molecule has 0 bridgehead atoms. The van der Waals surface area contributed by atoms with Gasteiger partial charge in [-0.1, -0.05) is 78.1 Å². The molecule has 0 radical (unpaired) electrons. The maximum absolute atomic E-state index is 5.82. The zero-order valence-corrected chi connectivity index (χ0v) is 22.1. The van der Waals surface area contributed by atoms with Crippen molar-refractivity contribution in [2.75, 3.05) is 13.2 Å². The van der Waals surface area contributed by atoms with Gasteiger partial charge in [-0.05, 0) is 37.1 Å². The summed E-state index contributed by atoms with van der Waals surface area (Å²) in [5.41, 5.74) is 2.99. The minimum absolute atomic E-state index is 0.722. The molecule has 6 heteroatoms. The summed E-state index contributed by atoms with van der Waals surface area (Å²) in [7, 11) is 0. The van der Waals surface area contributed by atoms with Crippen molar-refractivity contribution in [3.05, 3.63) is 49.1 Å². The van der Waals surface area contributed by atoms with Gasteiger partial charge in [0.05, 0.1) is 49.4 Å². The summed E-state index contributed by atoms with van der Waals surface area (Å²) >= 11 is 0. The summed E-state index contributed by atoms with van der Waals surface area (Å²) in [5.74, 6) is 1.58. The molecule has 0 amide bonds. The van der Waals surface area contributed by atoms with E-state index in [1.54, 1.807) is 24.8 Å². The van der Waals surface area contributed by atoms with Gasteiger partial charge in [-0.15, -0.1) is 0 Å². The molecule has 3 aromatic heterocycles. The van der Waals surface area contributed by atoms with E-state index >= 15 is 0 Å². The third-order valence-electron chi connectivity index (χ3n) is 6.18. The Bertz CT molecular complexity index is 879. The monoisotopic (exact) mass is 490 g/mol. The Morgan fingerprint density at radius 2 is 0.833 bits per heavy atom. The van der Waals surface area contributed by atoms with Crippen molar-refractivity contribution in [2.24, 2.45) is 0 Å². The number of rotatable bonds is 18. The number of nitrogens with zero attached hydrogens (tertiary/aromatic N) is 4. The average molecular weight is 491 g/mol. The third-order valence-corrected chi connectivity index (χ3v) is 6.18. The smallest absolute Gasteiger partial charge is 0.137 e. The lowest BCUT2D eigenvalue weighted by atomic mass is 10.1. The number of pyridine rings is 2. The SMILES string of the molecule is CCCCCCCCOc1ccc(-c2cnc(-c3ccc(OCCCCCCCC)cn3)cn2)nc1. The standard InChI is InChI=1S/C30H42N4O2/c1-3-5-7-9-11-13-19-35-25-15-17-27(31-21-25)29-23-34-30(24-33-29)28-18-16-26(22-32-28)36-20-14-12-10-8-6-4-2/h15-18,21-24H,3-14,19-20H2,1-2H3. The van der Waals surface area contributed by atoms with Gasteiger partial charge < -0.3 is 9.47 Å². The fourth-order valence-electron chi connectivity index (χ4n) is 3.97. The molecule has 0 N–H and O–H groups in total. The van der Waals surface area contributed by atoms with E-state index in [9.17, 15) is 0 Å². The van der Waals surface area contributed by atoms with E-state index in [0.717, 1.165) is 60.3 Å². The molecule has 36 heavy (non-hydrogen) atoms. The van der Waals surface area contributed by atoms with Crippen molar-refractivity contribution in [1.82, 2.24) is 19.9 Å². The minimum Gasteiger partial charge on any atom is -0.492 e. The maximum atomic E-state index is 5.82.